The molecule has 2 fully saturated rings. The van der Waals surface area contributed by atoms with Crippen LogP contribution in [0, 0.1) is 5.41 Å². The molecule has 18 heavy (non-hydrogen) atoms. The second-order valence-corrected chi connectivity index (χ2v) is 6.76. The van der Waals surface area contributed by atoms with Crippen LogP contribution in [0.15, 0.2) is 0 Å². The van der Waals surface area contributed by atoms with Gasteiger partial charge in [-0.2, -0.15) is 11.8 Å². The lowest BCUT2D eigenvalue weighted by molar-refractivity contribution is -0.144. The van der Waals surface area contributed by atoms with Crippen LogP contribution in [0.25, 0.3) is 0 Å². The fourth-order valence-corrected chi connectivity index (χ4v) is 4.13. The van der Waals surface area contributed by atoms with E-state index in [2.05, 4.69) is 17.1 Å². The van der Waals surface area contributed by atoms with Gasteiger partial charge in [0.15, 0.2) is 0 Å². The zero-order chi connectivity index (χ0) is 12.8. The third-order valence-corrected chi connectivity index (χ3v) is 5.30. The summed E-state index contributed by atoms with van der Waals surface area (Å²) in [6.45, 7) is 6.16. The first-order valence-corrected chi connectivity index (χ1v) is 8.52. The lowest BCUT2D eigenvalue weighted by atomic mass is 9.74. The predicted octanol–water partition coefficient (Wildman–Crippen LogP) is 2.12. The van der Waals surface area contributed by atoms with Crippen LogP contribution in [0.1, 0.15) is 39.0 Å². The maximum Gasteiger partial charge on any atom is 0.228 e. The van der Waals surface area contributed by atoms with Crippen LogP contribution < -0.4 is 5.32 Å². The van der Waals surface area contributed by atoms with Gasteiger partial charge in [-0.25, -0.2) is 0 Å². The molecule has 0 bridgehead atoms. The predicted molar refractivity (Wildman–Crippen MR) is 78.0 cm³/mol. The molecular formula is C14H26N2OS. The molecule has 0 atom stereocenters. The highest BCUT2D eigenvalue weighted by atomic mass is 32.2. The van der Waals surface area contributed by atoms with Crippen LogP contribution in [0.5, 0.6) is 0 Å². The van der Waals surface area contributed by atoms with E-state index in [0.717, 1.165) is 64.0 Å². The number of nitrogens with one attached hydrogen (secondary N) is 1. The van der Waals surface area contributed by atoms with Crippen molar-refractivity contribution in [1.82, 2.24) is 10.2 Å². The van der Waals surface area contributed by atoms with Crippen molar-refractivity contribution in [3.05, 3.63) is 0 Å². The van der Waals surface area contributed by atoms with Crippen LogP contribution >= 0.6 is 11.8 Å². The highest BCUT2D eigenvalue weighted by Gasteiger charge is 2.41. The summed E-state index contributed by atoms with van der Waals surface area (Å²) in [5, 5.41) is 3.39. The van der Waals surface area contributed by atoms with E-state index in [0.29, 0.717) is 5.91 Å². The molecule has 0 saturated carbocycles. The first-order chi connectivity index (χ1) is 8.78. The molecule has 0 aromatic heterocycles. The molecule has 0 spiro atoms. The topological polar surface area (TPSA) is 32.3 Å². The molecule has 0 aliphatic carbocycles. The Morgan fingerprint density at radius 3 is 2.78 bits per heavy atom. The highest BCUT2D eigenvalue weighted by Crippen LogP contribution is 2.36. The number of hydrogen-bond acceptors (Lipinski definition) is 3. The molecule has 2 saturated heterocycles. The Balaban J connectivity index is 2.06. The Morgan fingerprint density at radius 2 is 2.06 bits per heavy atom. The first kappa shape index (κ1) is 14.2. The largest absolute Gasteiger partial charge is 0.341 e. The summed E-state index contributed by atoms with van der Waals surface area (Å²) in [5.41, 5.74) is -0.0466. The van der Waals surface area contributed by atoms with Crippen molar-refractivity contribution in [3.8, 4) is 0 Å². The fraction of sp³-hybridized carbons (Fsp3) is 0.929. The van der Waals surface area contributed by atoms with E-state index in [4.69, 9.17) is 0 Å². The molecule has 104 valence electrons. The van der Waals surface area contributed by atoms with Gasteiger partial charge in [-0.1, -0.05) is 13.3 Å². The van der Waals surface area contributed by atoms with Gasteiger partial charge in [0.25, 0.3) is 0 Å². The van der Waals surface area contributed by atoms with Crippen LogP contribution in [0.2, 0.25) is 0 Å². The molecule has 2 aliphatic heterocycles. The molecule has 3 nitrogen and oxygen atoms in total. The maximum atomic E-state index is 12.9. The lowest BCUT2D eigenvalue weighted by Gasteiger charge is -2.40. The number of nitrogens with zero attached hydrogens (tertiary/aromatic N) is 1. The molecule has 0 unspecified atom stereocenters. The molecule has 0 aromatic rings. The maximum absolute atomic E-state index is 12.9. The lowest BCUT2D eigenvalue weighted by Crippen LogP contribution is -2.49. The quantitative estimate of drug-likeness (QED) is 0.852. The second-order valence-electron chi connectivity index (χ2n) is 5.54. The minimum absolute atomic E-state index is 0.0466. The number of piperidine rings is 1. The van der Waals surface area contributed by atoms with Crippen LogP contribution in [0.3, 0.4) is 0 Å². The van der Waals surface area contributed by atoms with Gasteiger partial charge in [-0.05, 0) is 44.5 Å². The Labute approximate surface area is 115 Å². The van der Waals surface area contributed by atoms with Crippen LogP contribution in [-0.4, -0.2) is 48.5 Å². The number of thioether (sulfide) groups is 1. The summed E-state index contributed by atoms with van der Waals surface area (Å²) < 4.78 is 0. The Hall–Kier alpha value is -0.220. The fourth-order valence-electron chi connectivity index (χ4n) is 3.24. The Morgan fingerprint density at radius 1 is 1.28 bits per heavy atom. The van der Waals surface area contributed by atoms with E-state index in [-0.39, 0.29) is 5.41 Å². The van der Waals surface area contributed by atoms with E-state index in [1.165, 1.54) is 5.75 Å². The molecule has 2 heterocycles. The minimum atomic E-state index is -0.0466. The third-order valence-electron chi connectivity index (χ3n) is 4.25. The average Bonchev–Trinajstić information content (AvgIpc) is 2.68. The van der Waals surface area contributed by atoms with Crippen molar-refractivity contribution in [1.29, 1.82) is 0 Å². The monoisotopic (exact) mass is 270 g/mol. The van der Waals surface area contributed by atoms with E-state index in [9.17, 15) is 4.79 Å². The summed E-state index contributed by atoms with van der Waals surface area (Å²) in [7, 11) is 0. The Kier molecular flexibility index (Phi) is 5.37. The van der Waals surface area contributed by atoms with Crippen molar-refractivity contribution >= 4 is 17.7 Å². The van der Waals surface area contributed by atoms with Gasteiger partial charge in [-0.15, -0.1) is 0 Å². The number of carbonyl (C=O) groups excluding carboxylic acids is 1. The summed E-state index contributed by atoms with van der Waals surface area (Å²) in [4.78, 5) is 15.1. The zero-order valence-corrected chi connectivity index (χ0v) is 12.4. The van der Waals surface area contributed by atoms with E-state index in [1.807, 2.05) is 11.8 Å². The van der Waals surface area contributed by atoms with Crippen LogP contribution in [-0.2, 0) is 4.79 Å². The van der Waals surface area contributed by atoms with Gasteiger partial charge in [0.2, 0.25) is 5.91 Å². The minimum Gasteiger partial charge on any atom is -0.341 e. The molecule has 2 aliphatic rings. The molecule has 0 aromatic carbocycles. The number of hydrogen-bond donors (Lipinski definition) is 1. The number of carbonyl (C=O) groups is 1. The highest BCUT2D eigenvalue weighted by molar-refractivity contribution is 7.99. The summed E-state index contributed by atoms with van der Waals surface area (Å²) in [6, 6.07) is 0. The van der Waals surface area contributed by atoms with Gasteiger partial charge in [0.05, 0.1) is 5.41 Å². The van der Waals surface area contributed by atoms with Crippen molar-refractivity contribution in [3.63, 3.8) is 0 Å². The van der Waals surface area contributed by atoms with Gasteiger partial charge in [-0.3, -0.25) is 4.79 Å². The smallest absolute Gasteiger partial charge is 0.228 e. The third kappa shape index (κ3) is 3.21. The van der Waals surface area contributed by atoms with Gasteiger partial charge in [0, 0.05) is 18.8 Å². The number of amides is 1. The van der Waals surface area contributed by atoms with Gasteiger partial charge in [0.1, 0.15) is 0 Å². The molecule has 0 radical (unpaired) electrons. The number of rotatable bonds is 3. The molecule has 1 amide bonds. The normalized spacial score (nSPS) is 24.6. The standard InChI is InChI=1S/C14H26N2OS/c1-2-4-14(5-7-15-8-6-14)13(17)16-9-3-11-18-12-10-16/h15H,2-12H2,1H3. The summed E-state index contributed by atoms with van der Waals surface area (Å²) in [6.07, 6.45) is 5.41. The SMILES string of the molecule is CCCC1(C(=O)N2CCCSCC2)CCNCC1. The summed E-state index contributed by atoms with van der Waals surface area (Å²) >= 11 is 1.99. The van der Waals surface area contributed by atoms with E-state index in [1.54, 1.807) is 0 Å². The first-order valence-electron chi connectivity index (χ1n) is 7.36. The van der Waals surface area contributed by atoms with Crippen molar-refractivity contribution in [2.24, 2.45) is 5.41 Å². The van der Waals surface area contributed by atoms with Crippen LogP contribution in [0.4, 0.5) is 0 Å². The van der Waals surface area contributed by atoms with E-state index >= 15 is 0 Å². The van der Waals surface area contributed by atoms with E-state index < -0.39 is 0 Å². The second kappa shape index (κ2) is 6.80. The average molecular weight is 270 g/mol. The molecular weight excluding hydrogens is 244 g/mol. The Bertz CT molecular complexity index is 263. The molecule has 4 heteroatoms. The van der Waals surface area contributed by atoms with Gasteiger partial charge < -0.3 is 10.2 Å². The van der Waals surface area contributed by atoms with Crippen molar-refractivity contribution in [2.45, 2.75) is 39.0 Å². The molecule has 1 N–H and O–H groups in total. The zero-order valence-electron chi connectivity index (χ0n) is 11.5. The van der Waals surface area contributed by atoms with Crippen molar-refractivity contribution in [2.75, 3.05) is 37.7 Å². The molecule has 2 rings (SSSR count). The van der Waals surface area contributed by atoms with Gasteiger partial charge >= 0.3 is 0 Å². The van der Waals surface area contributed by atoms with Crippen molar-refractivity contribution < 1.29 is 4.79 Å². The summed E-state index contributed by atoms with van der Waals surface area (Å²) in [5.74, 6) is 2.78.